The van der Waals surface area contributed by atoms with Crippen molar-refractivity contribution in [3.63, 3.8) is 0 Å². The molecule has 0 spiro atoms. The first-order valence-electron chi connectivity index (χ1n) is 10.6. The van der Waals surface area contributed by atoms with E-state index in [4.69, 9.17) is 9.47 Å². The van der Waals surface area contributed by atoms with Crippen LogP contribution in [0.1, 0.15) is 50.6 Å². The number of ether oxygens (including phenoxy) is 2. The first kappa shape index (κ1) is 19.7. The van der Waals surface area contributed by atoms with Crippen LogP contribution in [0.3, 0.4) is 0 Å². The molecule has 0 atom stereocenters. The number of hydrogen-bond donors (Lipinski definition) is 2. The molecule has 1 aliphatic heterocycles. The van der Waals surface area contributed by atoms with Crippen molar-refractivity contribution in [1.82, 2.24) is 20.0 Å². The Kier molecular flexibility index (Phi) is 5.89. The number of rotatable bonds is 7. The van der Waals surface area contributed by atoms with Crippen molar-refractivity contribution in [2.75, 3.05) is 44.8 Å². The maximum atomic E-state index is 12.6. The number of morpholine rings is 1. The maximum absolute atomic E-state index is 12.6. The van der Waals surface area contributed by atoms with Gasteiger partial charge in [0.1, 0.15) is 5.82 Å². The molecule has 156 valence electrons. The Morgan fingerprint density at radius 2 is 2.11 bits per heavy atom. The third-order valence-corrected chi connectivity index (χ3v) is 6.54. The lowest BCUT2D eigenvalue weighted by molar-refractivity contribution is -0.124. The minimum atomic E-state index is -0.171. The Morgan fingerprint density at radius 3 is 2.75 bits per heavy atom. The number of aryl methyl sites for hydroxylation is 1. The second kappa shape index (κ2) is 8.39. The highest BCUT2D eigenvalue weighted by atomic mass is 16.5. The van der Waals surface area contributed by atoms with Crippen LogP contribution in [0, 0.1) is 0 Å². The summed E-state index contributed by atoms with van der Waals surface area (Å²) in [5.41, 5.74) is 1.07. The van der Waals surface area contributed by atoms with Gasteiger partial charge in [0.15, 0.2) is 0 Å². The minimum absolute atomic E-state index is 0.0233. The summed E-state index contributed by atoms with van der Waals surface area (Å²) in [4.78, 5) is 15.0. The molecule has 1 saturated heterocycles. The van der Waals surface area contributed by atoms with Gasteiger partial charge in [-0.2, -0.15) is 5.10 Å². The molecule has 3 aliphatic rings. The van der Waals surface area contributed by atoms with E-state index in [9.17, 15) is 4.79 Å². The van der Waals surface area contributed by atoms with Crippen LogP contribution < -0.4 is 10.6 Å². The number of nitrogens with zero attached hydrogens (tertiary/aromatic N) is 3. The number of nitrogens with one attached hydrogen (secondary N) is 2. The van der Waals surface area contributed by atoms with Gasteiger partial charge in [0, 0.05) is 50.8 Å². The van der Waals surface area contributed by atoms with Gasteiger partial charge in [0.2, 0.25) is 0 Å². The van der Waals surface area contributed by atoms with Crippen molar-refractivity contribution in [2.45, 2.75) is 56.6 Å². The summed E-state index contributed by atoms with van der Waals surface area (Å²) in [6.07, 6.45) is 5.88. The van der Waals surface area contributed by atoms with Crippen molar-refractivity contribution in [3.05, 3.63) is 11.8 Å². The SMILES string of the molecule is CCOC1CC(CNC(=O)Nc2cc(C3CCC3)nn2C)(N2CCOCC2)C1. The van der Waals surface area contributed by atoms with Crippen molar-refractivity contribution >= 4 is 11.8 Å². The summed E-state index contributed by atoms with van der Waals surface area (Å²) in [7, 11) is 1.88. The van der Waals surface area contributed by atoms with Crippen LogP contribution in [-0.2, 0) is 16.5 Å². The summed E-state index contributed by atoms with van der Waals surface area (Å²) in [5, 5.41) is 10.6. The molecule has 2 aliphatic carbocycles. The molecule has 2 amide bonds. The van der Waals surface area contributed by atoms with Gasteiger partial charge < -0.3 is 14.8 Å². The highest BCUT2D eigenvalue weighted by molar-refractivity contribution is 5.88. The fourth-order valence-electron chi connectivity index (χ4n) is 4.61. The van der Waals surface area contributed by atoms with Gasteiger partial charge in [-0.25, -0.2) is 4.79 Å². The minimum Gasteiger partial charge on any atom is -0.379 e. The zero-order valence-corrected chi connectivity index (χ0v) is 17.1. The lowest BCUT2D eigenvalue weighted by Gasteiger charge is -2.55. The van der Waals surface area contributed by atoms with E-state index in [1.54, 1.807) is 4.68 Å². The van der Waals surface area contributed by atoms with E-state index in [1.807, 2.05) is 20.0 Å². The maximum Gasteiger partial charge on any atom is 0.320 e. The van der Waals surface area contributed by atoms with Crippen molar-refractivity contribution in [3.8, 4) is 0 Å². The van der Waals surface area contributed by atoms with E-state index < -0.39 is 0 Å². The monoisotopic (exact) mass is 391 g/mol. The van der Waals surface area contributed by atoms with Crippen LogP contribution in [0.4, 0.5) is 10.6 Å². The Bertz CT molecular complexity index is 675. The van der Waals surface area contributed by atoms with E-state index in [2.05, 4.69) is 20.6 Å². The predicted molar refractivity (Wildman–Crippen MR) is 107 cm³/mol. The van der Waals surface area contributed by atoms with Crippen LogP contribution in [0.15, 0.2) is 6.07 Å². The number of carbonyl (C=O) groups excluding carboxylic acids is 1. The fraction of sp³-hybridized carbons (Fsp3) is 0.800. The molecule has 2 saturated carbocycles. The largest absolute Gasteiger partial charge is 0.379 e. The van der Waals surface area contributed by atoms with Gasteiger partial charge in [-0.3, -0.25) is 14.9 Å². The number of aromatic nitrogens is 2. The van der Waals surface area contributed by atoms with Gasteiger partial charge >= 0.3 is 6.03 Å². The topological polar surface area (TPSA) is 80.7 Å². The van der Waals surface area contributed by atoms with E-state index >= 15 is 0 Å². The molecule has 4 rings (SSSR count). The molecule has 0 radical (unpaired) electrons. The fourth-order valence-corrected chi connectivity index (χ4v) is 4.61. The van der Waals surface area contributed by atoms with Crippen molar-refractivity contribution in [2.24, 2.45) is 7.05 Å². The third kappa shape index (κ3) is 4.04. The summed E-state index contributed by atoms with van der Waals surface area (Å²) in [5.74, 6) is 1.31. The lowest BCUT2D eigenvalue weighted by Crippen LogP contribution is -2.67. The van der Waals surface area contributed by atoms with Crippen molar-refractivity contribution < 1.29 is 14.3 Å². The lowest BCUT2D eigenvalue weighted by atomic mass is 9.72. The van der Waals surface area contributed by atoms with Gasteiger partial charge in [0.05, 0.1) is 25.0 Å². The van der Waals surface area contributed by atoms with Crippen LogP contribution >= 0.6 is 0 Å². The Balaban J connectivity index is 1.33. The van der Waals surface area contributed by atoms with Gasteiger partial charge in [-0.1, -0.05) is 6.42 Å². The first-order valence-corrected chi connectivity index (χ1v) is 10.6. The number of hydrogen-bond acceptors (Lipinski definition) is 5. The van der Waals surface area contributed by atoms with Crippen LogP contribution in [0.5, 0.6) is 0 Å². The average molecular weight is 392 g/mol. The summed E-state index contributed by atoms with van der Waals surface area (Å²) < 4.78 is 13.1. The second-order valence-electron chi connectivity index (χ2n) is 8.32. The predicted octanol–water partition coefficient (Wildman–Crippen LogP) is 2.08. The zero-order valence-electron chi connectivity index (χ0n) is 17.1. The van der Waals surface area contributed by atoms with Gasteiger partial charge in [0.25, 0.3) is 0 Å². The molecule has 3 fully saturated rings. The van der Waals surface area contributed by atoms with Crippen LogP contribution in [0.25, 0.3) is 0 Å². The summed E-state index contributed by atoms with van der Waals surface area (Å²) >= 11 is 0. The Morgan fingerprint density at radius 1 is 1.36 bits per heavy atom. The van der Waals surface area contributed by atoms with Gasteiger partial charge in [-0.15, -0.1) is 0 Å². The van der Waals surface area contributed by atoms with Crippen molar-refractivity contribution in [1.29, 1.82) is 0 Å². The molecule has 1 aromatic rings. The summed E-state index contributed by atoms with van der Waals surface area (Å²) in [6.45, 7) is 6.73. The number of urea groups is 1. The molecular weight excluding hydrogens is 358 g/mol. The molecule has 2 N–H and O–H groups in total. The molecular formula is C20H33N5O3. The molecule has 0 aromatic carbocycles. The third-order valence-electron chi connectivity index (χ3n) is 6.54. The second-order valence-corrected chi connectivity index (χ2v) is 8.32. The molecule has 28 heavy (non-hydrogen) atoms. The molecule has 0 bridgehead atoms. The van der Waals surface area contributed by atoms with E-state index in [0.717, 1.165) is 57.3 Å². The van der Waals surface area contributed by atoms with E-state index in [0.29, 0.717) is 18.6 Å². The zero-order chi connectivity index (χ0) is 19.6. The molecule has 0 unspecified atom stereocenters. The molecule has 8 heteroatoms. The highest BCUT2D eigenvalue weighted by Crippen LogP contribution is 2.40. The molecule has 2 heterocycles. The number of anilines is 1. The first-order chi connectivity index (χ1) is 13.6. The number of carbonyl (C=O) groups is 1. The standard InChI is InChI=1S/C20H33N5O3/c1-3-28-16-12-20(13-16,25-7-9-27-10-8-25)14-21-19(26)22-18-11-17(23-24(18)2)15-5-4-6-15/h11,15-16H,3-10,12-14H2,1-2H3,(H2,21,22,26). The highest BCUT2D eigenvalue weighted by Gasteiger charge is 2.49. The van der Waals surface area contributed by atoms with E-state index in [1.165, 1.54) is 19.3 Å². The smallest absolute Gasteiger partial charge is 0.320 e. The van der Waals surface area contributed by atoms with Crippen LogP contribution in [0.2, 0.25) is 0 Å². The van der Waals surface area contributed by atoms with Crippen LogP contribution in [-0.4, -0.2) is 71.8 Å². The normalized spacial score (nSPS) is 28.4. The summed E-state index contributed by atoms with van der Waals surface area (Å²) in [6, 6.07) is 1.84. The quantitative estimate of drug-likeness (QED) is 0.744. The van der Waals surface area contributed by atoms with E-state index in [-0.39, 0.29) is 11.6 Å². The van der Waals surface area contributed by atoms with Gasteiger partial charge in [-0.05, 0) is 32.6 Å². The molecule has 8 nitrogen and oxygen atoms in total. The molecule has 1 aromatic heterocycles. The number of amides is 2. The average Bonchev–Trinajstić information content (AvgIpc) is 2.96. The Labute approximate surface area is 166 Å². The Hall–Kier alpha value is -1.64.